The van der Waals surface area contributed by atoms with Crippen LogP contribution in [0.4, 0.5) is 0 Å². The Morgan fingerprint density at radius 2 is 2.16 bits per heavy atom. The van der Waals surface area contributed by atoms with Crippen LogP contribution in [0.2, 0.25) is 0 Å². The molecule has 0 aliphatic carbocycles. The zero-order valence-electron chi connectivity index (χ0n) is 12.0. The summed E-state index contributed by atoms with van der Waals surface area (Å²) in [5.41, 5.74) is 1.44. The number of likely N-dealkylation sites (tertiary alicyclic amines) is 1. The van der Waals surface area contributed by atoms with Gasteiger partial charge in [-0.15, -0.1) is 0 Å². The second kappa shape index (κ2) is 8.31. The summed E-state index contributed by atoms with van der Waals surface area (Å²) in [6.07, 6.45) is 2.42. The molecule has 0 radical (unpaired) electrons. The van der Waals surface area contributed by atoms with Crippen molar-refractivity contribution < 1.29 is 4.74 Å². The molecule has 0 spiro atoms. The van der Waals surface area contributed by atoms with Crippen LogP contribution >= 0.6 is 0 Å². The normalized spacial score (nSPS) is 19.9. The molecule has 1 unspecified atom stereocenters. The summed E-state index contributed by atoms with van der Waals surface area (Å²) in [5.74, 6) is 0. The molecule has 1 N–H and O–H groups in total. The lowest BCUT2D eigenvalue weighted by Gasteiger charge is -2.16. The van der Waals surface area contributed by atoms with Crippen LogP contribution in [0, 0.1) is 0 Å². The molecule has 1 heterocycles. The number of ether oxygens (including phenoxy) is 1. The Kier molecular flexibility index (Phi) is 6.34. The lowest BCUT2D eigenvalue weighted by molar-refractivity contribution is 0.147. The van der Waals surface area contributed by atoms with Crippen LogP contribution < -0.4 is 5.32 Å². The fourth-order valence-electron chi connectivity index (χ4n) is 2.61. The Labute approximate surface area is 116 Å². The van der Waals surface area contributed by atoms with Gasteiger partial charge in [-0.2, -0.15) is 0 Å². The van der Waals surface area contributed by atoms with Crippen molar-refractivity contribution in [3.8, 4) is 0 Å². The monoisotopic (exact) mass is 262 g/mol. The Balaban J connectivity index is 1.60. The maximum atomic E-state index is 5.35. The van der Waals surface area contributed by atoms with Gasteiger partial charge in [0.05, 0.1) is 6.61 Å². The standard InChI is InChI=1S/C16H26N2O/c1-2-19-13-10-17-16-9-12-18(14-16)11-8-15-6-4-3-5-7-15/h3-7,16-17H,2,8-14H2,1H3. The zero-order chi connectivity index (χ0) is 13.3. The van der Waals surface area contributed by atoms with E-state index in [2.05, 4.69) is 40.5 Å². The first-order valence-electron chi connectivity index (χ1n) is 7.46. The smallest absolute Gasteiger partial charge is 0.0590 e. The maximum absolute atomic E-state index is 5.35. The lowest BCUT2D eigenvalue weighted by atomic mass is 10.1. The third kappa shape index (κ3) is 5.31. The summed E-state index contributed by atoms with van der Waals surface area (Å²) in [4.78, 5) is 2.56. The number of benzene rings is 1. The predicted octanol–water partition coefficient (Wildman–Crippen LogP) is 1.93. The summed E-state index contributed by atoms with van der Waals surface area (Å²) in [7, 11) is 0. The van der Waals surface area contributed by atoms with Crippen molar-refractivity contribution in [1.82, 2.24) is 10.2 Å². The van der Waals surface area contributed by atoms with Gasteiger partial charge in [0.1, 0.15) is 0 Å². The largest absolute Gasteiger partial charge is 0.380 e. The summed E-state index contributed by atoms with van der Waals surface area (Å²) < 4.78 is 5.35. The van der Waals surface area contributed by atoms with Crippen LogP contribution in [0.15, 0.2) is 30.3 Å². The van der Waals surface area contributed by atoms with Crippen molar-refractivity contribution in [1.29, 1.82) is 0 Å². The molecule has 1 aromatic rings. The average molecular weight is 262 g/mol. The highest BCUT2D eigenvalue weighted by atomic mass is 16.5. The maximum Gasteiger partial charge on any atom is 0.0590 e. The second-order valence-corrected chi connectivity index (χ2v) is 5.17. The average Bonchev–Trinajstić information content (AvgIpc) is 2.91. The quantitative estimate of drug-likeness (QED) is 0.725. The molecular weight excluding hydrogens is 236 g/mol. The van der Waals surface area contributed by atoms with Crippen LogP contribution in [0.1, 0.15) is 18.9 Å². The Hall–Kier alpha value is -0.900. The van der Waals surface area contributed by atoms with Gasteiger partial charge in [0.15, 0.2) is 0 Å². The molecule has 1 atom stereocenters. The summed E-state index contributed by atoms with van der Waals surface area (Å²) in [6.45, 7) is 8.24. The minimum Gasteiger partial charge on any atom is -0.380 e. The molecule has 0 saturated carbocycles. The number of hydrogen-bond acceptors (Lipinski definition) is 3. The summed E-state index contributed by atoms with van der Waals surface area (Å²) >= 11 is 0. The molecule has 1 aliphatic heterocycles. The number of rotatable bonds is 8. The van der Waals surface area contributed by atoms with Crippen LogP contribution in [0.5, 0.6) is 0 Å². The van der Waals surface area contributed by atoms with E-state index in [0.717, 1.165) is 26.2 Å². The van der Waals surface area contributed by atoms with Crippen molar-refractivity contribution in [2.75, 3.05) is 39.4 Å². The molecule has 3 nitrogen and oxygen atoms in total. The molecule has 19 heavy (non-hydrogen) atoms. The highest BCUT2D eigenvalue weighted by Gasteiger charge is 2.21. The number of hydrogen-bond donors (Lipinski definition) is 1. The highest BCUT2D eigenvalue weighted by molar-refractivity contribution is 5.14. The van der Waals surface area contributed by atoms with Gasteiger partial charge in [-0.05, 0) is 31.9 Å². The molecular formula is C16H26N2O. The zero-order valence-corrected chi connectivity index (χ0v) is 12.0. The molecule has 1 aliphatic rings. The van der Waals surface area contributed by atoms with E-state index in [9.17, 15) is 0 Å². The molecule has 2 rings (SSSR count). The first-order chi connectivity index (χ1) is 9.38. The van der Waals surface area contributed by atoms with Gasteiger partial charge in [0.25, 0.3) is 0 Å². The van der Waals surface area contributed by atoms with E-state index >= 15 is 0 Å². The van der Waals surface area contributed by atoms with E-state index < -0.39 is 0 Å². The van der Waals surface area contributed by atoms with Crippen molar-refractivity contribution in [2.45, 2.75) is 25.8 Å². The van der Waals surface area contributed by atoms with Crippen molar-refractivity contribution >= 4 is 0 Å². The third-order valence-electron chi connectivity index (χ3n) is 3.72. The SMILES string of the molecule is CCOCCNC1CCN(CCc2ccccc2)C1. The van der Waals surface area contributed by atoms with E-state index in [1.54, 1.807) is 0 Å². The number of nitrogens with zero attached hydrogens (tertiary/aromatic N) is 1. The molecule has 1 aromatic carbocycles. The van der Waals surface area contributed by atoms with Crippen LogP contribution in [-0.4, -0.2) is 50.3 Å². The first-order valence-corrected chi connectivity index (χ1v) is 7.46. The van der Waals surface area contributed by atoms with E-state index in [4.69, 9.17) is 4.74 Å². The van der Waals surface area contributed by atoms with Crippen LogP contribution in [-0.2, 0) is 11.2 Å². The third-order valence-corrected chi connectivity index (χ3v) is 3.72. The van der Waals surface area contributed by atoms with Gasteiger partial charge < -0.3 is 15.0 Å². The fourth-order valence-corrected chi connectivity index (χ4v) is 2.61. The Morgan fingerprint density at radius 1 is 1.32 bits per heavy atom. The Morgan fingerprint density at radius 3 is 2.95 bits per heavy atom. The first kappa shape index (κ1) is 14.5. The van der Waals surface area contributed by atoms with E-state index in [1.807, 2.05) is 6.92 Å². The minimum absolute atomic E-state index is 0.649. The molecule has 0 amide bonds. The minimum atomic E-state index is 0.649. The van der Waals surface area contributed by atoms with Gasteiger partial charge in [-0.25, -0.2) is 0 Å². The molecule has 0 aromatic heterocycles. The summed E-state index contributed by atoms with van der Waals surface area (Å²) in [5, 5.41) is 3.58. The van der Waals surface area contributed by atoms with E-state index in [-0.39, 0.29) is 0 Å². The van der Waals surface area contributed by atoms with Gasteiger partial charge in [0, 0.05) is 32.3 Å². The topological polar surface area (TPSA) is 24.5 Å². The number of nitrogens with one attached hydrogen (secondary N) is 1. The second-order valence-electron chi connectivity index (χ2n) is 5.17. The predicted molar refractivity (Wildman–Crippen MR) is 79.5 cm³/mol. The van der Waals surface area contributed by atoms with Crippen molar-refractivity contribution in [3.05, 3.63) is 35.9 Å². The van der Waals surface area contributed by atoms with E-state index in [1.165, 1.54) is 31.6 Å². The lowest BCUT2D eigenvalue weighted by Crippen LogP contribution is -2.35. The molecule has 0 bridgehead atoms. The molecule has 1 fully saturated rings. The van der Waals surface area contributed by atoms with Crippen molar-refractivity contribution in [2.24, 2.45) is 0 Å². The highest BCUT2D eigenvalue weighted by Crippen LogP contribution is 2.10. The Bertz CT molecular complexity index is 342. The van der Waals surface area contributed by atoms with Gasteiger partial charge >= 0.3 is 0 Å². The fraction of sp³-hybridized carbons (Fsp3) is 0.625. The molecule has 106 valence electrons. The van der Waals surface area contributed by atoms with Gasteiger partial charge in [-0.1, -0.05) is 30.3 Å². The van der Waals surface area contributed by atoms with E-state index in [0.29, 0.717) is 6.04 Å². The van der Waals surface area contributed by atoms with Gasteiger partial charge in [0.2, 0.25) is 0 Å². The molecule has 3 heteroatoms. The van der Waals surface area contributed by atoms with Gasteiger partial charge in [-0.3, -0.25) is 0 Å². The summed E-state index contributed by atoms with van der Waals surface area (Å²) in [6, 6.07) is 11.4. The van der Waals surface area contributed by atoms with Crippen molar-refractivity contribution in [3.63, 3.8) is 0 Å². The van der Waals surface area contributed by atoms with Crippen LogP contribution in [0.3, 0.4) is 0 Å². The molecule has 1 saturated heterocycles. The van der Waals surface area contributed by atoms with Crippen LogP contribution in [0.25, 0.3) is 0 Å².